The third kappa shape index (κ3) is 3.61. The molecular formula is C27H24N4O3S. The maximum Gasteiger partial charge on any atom is 0.227 e. The van der Waals surface area contributed by atoms with Crippen LogP contribution in [-0.4, -0.2) is 35.2 Å². The lowest BCUT2D eigenvalue weighted by Gasteiger charge is -2.39. The molecular weight excluding hydrogens is 460 g/mol. The van der Waals surface area contributed by atoms with Gasteiger partial charge in [0, 0.05) is 16.7 Å². The van der Waals surface area contributed by atoms with Crippen LogP contribution in [0.25, 0.3) is 5.70 Å². The van der Waals surface area contributed by atoms with E-state index in [4.69, 9.17) is 24.3 Å². The average molecular weight is 485 g/mol. The smallest absolute Gasteiger partial charge is 0.227 e. The molecule has 176 valence electrons. The van der Waals surface area contributed by atoms with Gasteiger partial charge in [-0.2, -0.15) is 4.98 Å². The van der Waals surface area contributed by atoms with E-state index in [0.717, 1.165) is 45.2 Å². The Morgan fingerprint density at radius 3 is 2.49 bits per heavy atom. The van der Waals surface area contributed by atoms with Crippen molar-refractivity contribution in [3.63, 3.8) is 0 Å². The zero-order chi connectivity index (χ0) is 23.9. The van der Waals surface area contributed by atoms with Gasteiger partial charge in [0.05, 0.1) is 19.9 Å². The van der Waals surface area contributed by atoms with Crippen LogP contribution < -0.4 is 19.5 Å². The van der Waals surface area contributed by atoms with Crippen molar-refractivity contribution in [1.29, 1.82) is 0 Å². The fourth-order valence-corrected chi connectivity index (χ4v) is 5.08. The summed E-state index contributed by atoms with van der Waals surface area (Å²) in [6.07, 6.45) is 1.62. The standard InChI is InChI=1S/C27H24N4O3S/c1-32-18-13-11-16(12-14-18)24-22-23(28-26-29-27(35-3)30-31(24)26)20-9-4-5-10-21(20)34-25(22)17-7-6-8-19(15-17)33-2/h4-15,24-25H,1-3H3,(H,28,29,30)/t24-,25-/m1/s1. The van der Waals surface area contributed by atoms with Crippen LogP contribution in [0.5, 0.6) is 17.2 Å². The molecule has 0 unspecified atom stereocenters. The number of rotatable bonds is 5. The molecule has 0 radical (unpaired) electrons. The highest BCUT2D eigenvalue weighted by atomic mass is 32.2. The highest BCUT2D eigenvalue weighted by Crippen LogP contribution is 2.51. The quantitative estimate of drug-likeness (QED) is 0.371. The summed E-state index contributed by atoms with van der Waals surface area (Å²) in [6, 6.07) is 24.0. The van der Waals surface area contributed by atoms with E-state index in [1.807, 2.05) is 59.5 Å². The molecule has 0 saturated carbocycles. The Kier molecular flexibility index (Phi) is 5.37. The van der Waals surface area contributed by atoms with E-state index in [1.165, 1.54) is 11.8 Å². The first-order valence-corrected chi connectivity index (χ1v) is 12.5. The molecule has 0 fully saturated rings. The lowest BCUT2D eigenvalue weighted by atomic mass is 9.84. The Hall–Kier alpha value is -3.91. The van der Waals surface area contributed by atoms with Crippen molar-refractivity contribution in [3.8, 4) is 17.2 Å². The number of aromatic nitrogens is 3. The Labute approximate surface area is 207 Å². The van der Waals surface area contributed by atoms with E-state index in [-0.39, 0.29) is 12.1 Å². The number of methoxy groups -OCH3 is 2. The molecule has 3 heterocycles. The summed E-state index contributed by atoms with van der Waals surface area (Å²) in [5.74, 6) is 3.10. The van der Waals surface area contributed by atoms with Crippen molar-refractivity contribution in [1.82, 2.24) is 14.8 Å². The van der Waals surface area contributed by atoms with Crippen molar-refractivity contribution >= 4 is 23.4 Å². The van der Waals surface area contributed by atoms with E-state index >= 15 is 0 Å². The van der Waals surface area contributed by atoms with E-state index < -0.39 is 0 Å². The van der Waals surface area contributed by atoms with Crippen molar-refractivity contribution in [3.05, 3.63) is 95.1 Å². The number of anilines is 1. The summed E-state index contributed by atoms with van der Waals surface area (Å²) in [6.45, 7) is 0. The van der Waals surface area contributed by atoms with Crippen molar-refractivity contribution in [2.24, 2.45) is 0 Å². The van der Waals surface area contributed by atoms with Gasteiger partial charge in [-0.15, -0.1) is 5.10 Å². The van der Waals surface area contributed by atoms with Gasteiger partial charge in [0.25, 0.3) is 0 Å². The summed E-state index contributed by atoms with van der Waals surface area (Å²) in [5.41, 5.74) is 5.12. The molecule has 0 amide bonds. The van der Waals surface area contributed by atoms with Crippen LogP contribution in [0.1, 0.15) is 28.8 Å². The second-order valence-electron chi connectivity index (χ2n) is 8.27. The summed E-state index contributed by atoms with van der Waals surface area (Å²) in [4.78, 5) is 4.75. The number of para-hydroxylation sites is 1. The van der Waals surface area contributed by atoms with Gasteiger partial charge >= 0.3 is 0 Å². The van der Waals surface area contributed by atoms with E-state index in [2.05, 4.69) is 29.6 Å². The van der Waals surface area contributed by atoms with Crippen LogP contribution in [0.4, 0.5) is 5.95 Å². The number of hydrogen-bond donors (Lipinski definition) is 1. The Morgan fingerprint density at radius 1 is 0.914 bits per heavy atom. The first-order valence-electron chi connectivity index (χ1n) is 11.3. The van der Waals surface area contributed by atoms with Crippen LogP contribution in [0.3, 0.4) is 0 Å². The first-order chi connectivity index (χ1) is 17.2. The molecule has 0 bridgehead atoms. The maximum absolute atomic E-state index is 6.69. The average Bonchev–Trinajstić information content (AvgIpc) is 3.34. The Bertz CT molecular complexity index is 1430. The van der Waals surface area contributed by atoms with Gasteiger partial charge in [-0.3, -0.25) is 0 Å². The predicted octanol–water partition coefficient (Wildman–Crippen LogP) is 5.58. The lowest BCUT2D eigenvalue weighted by Crippen LogP contribution is -2.32. The Balaban J connectivity index is 1.61. The van der Waals surface area contributed by atoms with Crippen molar-refractivity contribution < 1.29 is 14.2 Å². The summed E-state index contributed by atoms with van der Waals surface area (Å²) in [5, 5.41) is 9.13. The Morgan fingerprint density at radius 2 is 1.71 bits per heavy atom. The fourth-order valence-electron chi connectivity index (χ4n) is 4.73. The minimum Gasteiger partial charge on any atom is -0.497 e. The van der Waals surface area contributed by atoms with Crippen molar-refractivity contribution in [2.75, 3.05) is 25.8 Å². The summed E-state index contributed by atoms with van der Waals surface area (Å²) >= 11 is 1.52. The number of fused-ring (bicyclic) bond motifs is 3. The summed E-state index contributed by atoms with van der Waals surface area (Å²) < 4.78 is 19.6. The third-order valence-corrected chi connectivity index (χ3v) is 6.91. The molecule has 2 aliphatic rings. The third-order valence-electron chi connectivity index (χ3n) is 6.37. The van der Waals surface area contributed by atoms with Crippen LogP contribution in [0.15, 0.2) is 83.5 Å². The van der Waals surface area contributed by atoms with E-state index in [0.29, 0.717) is 11.1 Å². The number of hydrogen-bond acceptors (Lipinski definition) is 7. The lowest BCUT2D eigenvalue weighted by molar-refractivity contribution is 0.222. The molecule has 0 spiro atoms. The maximum atomic E-state index is 6.69. The van der Waals surface area contributed by atoms with Gasteiger partial charge in [0.2, 0.25) is 11.1 Å². The van der Waals surface area contributed by atoms with Crippen LogP contribution in [0.2, 0.25) is 0 Å². The molecule has 35 heavy (non-hydrogen) atoms. The number of benzene rings is 3. The largest absolute Gasteiger partial charge is 0.497 e. The van der Waals surface area contributed by atoms with Gasteiger partial charge < -0.3 is 19.5 Å². The van der Waals surface area contributed by atoms with Crippen LogP contribution in [0, 0.1) is 0 Å². The zero-order valence-corrected chi connectivity index (χ0v) is 20.4. The molecule has 1 aromatic heterocycles. The van der Waals surface area contributed by atoms with Crippen LogP contribution in [-0.2, 0) is 0 Å². The second-order valence-corrected chi connectivity index (χ2v) is 9.04. The number of nitrogens with one attached hydrogen (secondary N) is 1. The minimum atomic E-state index is -0.357. The number of nitrogens with zero attached hydrogens (tertiary/aromatic N) is 3. The van der Waals surface area contributed by atoms with Crippen LogP contribution >= 0.6 is 11.8 Å². The number of ether oxygens (including phenoxy) is 3. The topological polar surface area (TPSA) is 70.4 Å². The molecule has 7 nitrogen and oxygen atoms in total. The predicted molar refractivity (Wildman–Crippen MR) is 136 cm³/mol. The van der Waals surface area contributed by atoms with Gasteiger partial charge in [-0.25, -0.2) is 4.68 Å². The van der Waals surface area contributed by atoms with Crippen molar-refractivity contribution in [2.45, 2.75) is 17.3 Å². The molecule has 0 aliphatic carbocycles. The zero-order valence-electron chi connectivity index (χ0n) is 19.6. The van der Waals surface area contributed by atoms with Gasteiger partial charge in [0.15, 0.2) is 0 Å². The van der Waals surface area contributed by atoms with E-state index in [9.17, 15) is 0 Å². The molecule has 2 atom stereocenters. The van der Waals surface area contributed by atoms with Gasteiger partial charge in [-0.1, -0.05) is 48.2 Å². The van der Waals surface area contributed by atoms with E-state index in [1.54, 1.807) is 14.2 Å². The normalized spacial score (nSPS) is 18.0. The molecule has 1 N–H and O–H groups in total. The monoisotopic (exact) mass is 484 g/mol. The number of thioether (sulfide) groups is 1. The highest BCUT2D eigenvalue weighted by molar-refractivity contribution is 7.98. The summed E-state index contributed by atoms with van der Waals surface area (Å²) in [7, 11) is 3.35. The molecule has 6 rings (SSSR count). The van der Waals surface area contributed by atoms with Gasteiger partial charge in [0.1, 0.15) is 29.4 Å². The molecule has 0 saturated heterocycles. The second kappa shape index (κ2) is 8.70. The fraction of sp³-hybridized carbons (Fsp3) is 0.185. The SMILES string of the molecule is COc1ccc([C@@H]2C3=C(Nc4nc(SC)nn42)c2ccccc2O[C@@H]3c2cccc(OC)c2)cc1. The first kappa shape index (κ1) is 21.6. The molecule has 8 heteroatoms. The molecule has 2 aliphatic heterocycles. The molecule has 3 aromatic carbocycles. The highest BCUT2D eigenvalue weighted by Gasteiger charge is 2.41. The van der Waals surface area contributed by atoms with Gasteiger partial charge in [-0.05, 0) is 48.2 Å². The molecule has 4 aromatic rings. The minimum absolute atomic E-state index is 0.231.